The zero-order valence-electron chi connectivity index (χ0n) is 29.2. The minimum atomic E-state index is -0.355. The summed E-state index contributed by atoms with van der Waals surface area (Å²) >= 11 is 6.14. The summed E-state index contributed by atoms with van der Waals surface area (Å²) in [5.41, 5.74) is 2.73. The van der Waals surface area contributed by atoms with Gasteiger partial charge in [-0.15, -0.1) is 10.2 Å². The molecule has 2 aromatic carbocycles. The summed E-state index contributed by atoms with van der Waals surface area (Å²) in [7, 11) is 0. The smallest absolute Gasteiger partial charge is 0.328 e. The Balaban J connectivity index is 0.813. The zero-order chi connectivity index (χ0) is 36.0. The molecule has 4 aliphatic rings. The van der Waals surface area contributed by atoms with Gasteiger partial charge in [0, 0.05) is 82.6 Å². The predicted octanol–water partition coefficient (Wildman–Crippen LogP) is 4.35. The summed E-state index contributed by atoms with van der Waals surface area (Å²) in [5.74, 6) is 1.02. The van der Waals surface area contributed by atoms with E-state index < -0.39 is 0 Å². The highest BCUT2D eigenvalue weighted by atomic mass is 35.5. The lowest BCUT2D eigenvalue weighted by Crippen LogP contribution is -2.53. The summed E-state index contributed by atoms with van der Waals surface area (Å²) in [6.45, 7) is 7.04. The number of nitriles is 1. The van der Waals surface area contributed by atoms with Gasteiger partial charge in [0.15, 0.2) is 11.5 Å². The number of rotatable bonds is 9. The highest BCUT2D eigenvalue weighted by Gasteiger charge is 2.30. The van der Waals surface area contributed by atoms with Crippen LogP contribution in [0.25, 0.3) is 0 Å². The quantitative estimate of drug-likeness (QED) is 0.326. The number of ether oxygens (including phenoxy) is 1. The van der Waals surface area contributed by atoms with Gasteiger partial charge in [-0.05, 0) is 80.5 Å². The van der Waals surface area contributed by atoms with Gasteiger partial charge in [-0.3, -0.25) is 29.6 Å². The van der Waals surface area contributed by atoms with Crippen molar-refractivity contribution in [2.45, 2.75) is 69.7 Å². The molecule has 4 fully saturated rings. The first-order valence-corrected chi connectivity index (χ1v) is 18.6. The van der Waals surface area contributed by atoms with E-state index in [1.165, 1.54) is 0 Å². The first-order valence-electron chi connectivity index (χ1n) is 18.2. The number of carbonyl (C=O) groups is 3. The Labute approximate surface area is 308 Å². The Bertz CT molecular complexity index is 1790. The molecule has 7 rings (SSSR count). The molecule has 52 heavy (non-hydrogen) atoms. The monoisotopic (exact) mass is 725 g/mol. The Morgan fingerprint density at radius 3 is 2.40 bits per heavy atom. The average molecular weight is 726 g/mol. The number of nitrogens with one attached hydrogen (secondary N) is 2. The van der Waals surface area contributed by atoms with Crippen molar-refractivity contribution in [1.29, 1.82) is 5.26 Å². The maximum atomic E-state index is 13.0. The Hall–Kier alpha value is -4.77. The number of aromatic nitrogens is 2. The molecule has 0 radical (unpaired) electrons. The molecule has 3 aromatic rings. The van der Waals surface area contributed by atoms with E-state index in [2.05, 4.69) is 53.7 Å². The lowest BCUT2D eigenvalue weighted by atomic mass is 9.93. The number of carbonyl (C=O) groups excluding carboxylic acids is 3. The van der Waals surface area contributed by atoms with E-state index in [9.17, 15) is 14.4 Å². The van der Waals surface area contributed by atoms with Crippen molar-refractivity contribution >= 4 is 41.0 Å². The third-order valence-corrected chi connectivity index (χ3v) is 11.0. The molecule has 0 bridgehead atoms. The number of hydrogen-bond acceptors (Lipinski definition) is 10. The molecule has 0 spiro atoms. The van der Waals surface area contributed by atoms with Crippen LogP contribution in [0.3, 0.4) is 0 Å². The SMILES string of the molecule is N#Cc1ccc(OC2CCC(NC(=O)c3ccc(N4CCC(N5CCN(Cc6cccc(N7CCC(=O)NC7=O)c6)CC5)CC4)nn3)CC2)cc1Cl. The number of benzene rings is 2. The molecule has 0 unspecified atom stereocenters. The van der Waals surface area contributed by atoms with Crippen molar-refractivity contribution in [2.24, 2.45) is 0 Å². The van der Waals surface area contributed by atoms with Crippen molar-refractivity contribution in [3.8, 4) is 11.8 Å². The Morgan fingerprint density at radius 1 is 0.923 bits per heavy atom. The van der Waals surface area contributed by atoms with Gasteiger partial charge in [0.05, 0.1) is 16.7 Å². The van der Waals surface area contributed by atoms with Gasteiger partial charge in [-0.25, -0.2) is 4.79 Å². The molecule has 1 aliphatic carbocycles. The highest BCUT2D eigenvalue weighted by molar-refractivity contribution is 6.31. The minimum absolute atomic E-state index is 0.0343. The van der Waals surface area contributed by atoms with Crippen molar-refractivity contribution in [3.05, 3.63) is 76.4 Å². The summed E-state index contributed by atoms with van der Waals surface area (Å²) in [4.78, 5) is 45.8. The average Bonchev–Trinajstić information content (AvgIpc) is 3.16. The number of piperazine rings is 1. The molecule has 13 nitrogen and oxygen atoms in total. The number of nitrogens with zero attached hydrogens (tertiary/aromatic N) is 7. The van der Waals surface area contributed by atoms with Gasteiger partial charge in [-0.2, -0.15) is 5.26 Å². The number of amides is 4. The number of piperidine rings is 1. The number of urea groups is 1. The Kier molecular flexibility index (Phi) is 11.1. The van der Waals surface area contributed by atoms with Crippen molar-refractivity contribution in [3.63, 3.8) is 0 Å². The molecule has 272 valence electrons. The van der Waals surface area contributed by atoms with E-state index >= 15 is 0 Å². The first-order chi connectivity index (χ1) is 25.3. The topological polar surface area (TPSA) is 147 Å². The molecule has 2 N–H and O–H groups in total. The van der Waals surface area contributed by atoms with Gasteiger partial charge in [0.2, 0.25) is 5.91 Å². The first kappa shape index (κ1) is 35.6. The van der Waals surface area contributed by atoms with E-state index in [0.717, 1.165) is 101 Å². The number of halogens is 1. The maximum Gasteiger partial charge on any atom is 0.328 e. The van der Waals surface area contributed by atoms with Crippen LogP contribution in [-0.4, -0.2) is 102 Å². The van der Waals surface area contributed by atoms with Gasteiger partial charge in [0.25, 0.3) is 5.91 Å². The van der Waals surface area contributed by atoms with Crippen LogP contribution in [0.15, 0.2) is 54.6 Å². The summed E-state index contributed by atoms with van der Waals surface area (Å²) in [6.07, 6.45) is 5.67. The molecule has 4 heterocycles. The molecule has 3 saturated heterocycles. The predicted molar refractivity (Wildman–Crippen MR) is 196 cm³/mol. The number of anilines is 2. The molecule has 14 heteroatoms. The maximum absolute atomic E-state index is 13.0. The van der Waals surface area contributed by atoms with Crippen molar-refractivity contribution in [2.75, 3.05) is 55.6 Å². The van der Waals surface area contributed by atoms with Crippen LogP contribution in [0.5, 0.6) is 5.75 Å². The molecule has 3 aliphatic heterocycles. The van der Waals surface area contributed by atoms with Gasteiger partial charge >= 0.3 is 6.03 Å². The lowest BCUT2D eigenvalue weighted by Gasteiger charge is -2.43. The molecule has 0 atom stereocenters. The zero-order valence-corrected chi connectivity index (χ0v) is 29.9. The lowest BCUT2D eigenvalue weighted by molar-refractivity contribution is -0.120. The van der Waals surface area contributed by atoms with Crippen LogP contribution in [0.1, 0.15) is 66.6 Å². The molecular weight excluding hydrogens is 682 g/mol. The minimum Gasteiger partial charge on any atom is -0.490 e. The summed E-state index contributed by atoms with van der Waals surface area (Å²) in [5, 5.41) is 23.7. The van der Waals surface area contributed by atoms with E-state index in [1.54, 1.807) is 29.2 Å². The van der Waals surface area contributed by atoms with Gasteiger partial charge in [-0.1, -0.05) is 23.7 Å². The van der Waals surface area contributed by atoms with Crippen LogP contribution in [0, 0.1) is 11.3 Å². The van der Waals surface area contributed by atoms with Crippen LogP contribution >= 0.6 is 11.6 Å². The van der Waals surface area contributed by atoms with Gasteiger partial charge < -0.3 is 15.0 Å². The van der Waals surface area contributed by atoms with Gasteiger partial charge in [0.1, 0.15) is 11.8 Å². The van der Waals surface area contributed by atoms with Crippen molar-refractivity contribution in [1.82, 2.24) is 30.6 Å². The second kappa shape index (κ2) is 16.3. The molecular formula is C38H44ClN9O4. The third-order valence-electron chi connectivity index (χ3n) is 10.7. The second-order valence-corrected chi connectivity index (χ2v) is 14.5. The van der Waals surface area contributed by atoms with E-state index in [-0.39, 0.29) is 30.0 Å². The van der Waals surface area contributed by atoms with E-state index in [4.69, 9.17) is 21.6 Å². The highest BCUT2D eigenvalue weighted by Crippen LogP contribution is 2.28. The van der Waals surface area contributed by atoms with Crippen LogP contribution in [-0.2, 0) is 11.3 Å². The molecule has 1 aromatic heterocycles. The fraction of sp³-hybridized carbons (Fsp3) is 0.474. The standard InChI is InChI=1S/C38H44ClN9O4/c39-33-23-32(7-4-27(33)24-40)52-31-8-5-28(6-9-31)41-37(50)34-10-11-35(44-43-34)47-15-12-29(13-16-47)46-20-18-45(19-21-46)25-26-2-1-3-30(22-26)48-17-14-36(49)42-38(48)51/h1-4,7,10-11,22-23,28-29,31H,5-6,8-9,12-21,25H2,(H,41,50)(H,42,49,51). The Morgan fingerprint density at radius 2 is 1.71 bits per heavy atom. The summed E-state index contributed by atoms with van der Waals surface area (Å²) < 4.78 is 6.08. The second-order valence-electron chi connectivity index (χ2n) is 14.1. The third kappa shape index (κ3) is 8.63. The van der Waals surface area contributed by atoms with E-state index in [1.807, 2.05) is 18.2 Å². The molecule has 1 saturated carbocycles. The van der Waals surface area contributed by atoms with Crippen molar-refractivity contribution < 1.29 is 19.1 Å². The number of imide groups is 1. The number of hydrogen-bond donors (Lipinski definition) is 2. The van der Waals surface area contributed by atoms with Crippen LogP contribution in [0.2, 0.25) is 5.02 Å². The van der Waals surface area contributed by atoms with Crippen LogP contribution in [0.4, 0.5) is 16.3 Å². The fourth-order valence-corrected chi connectivity index (χ4v) is 7.90. The fourth-order valence-electron chi connectivity index (χ4n) is 7.69. The normalized spacial score (nSPS) is 22.1. The van der Waals surface area contributed by atoms with E-state index in [0.29, 0.717) is 41.0 Å². The molecule has 4 amide bonds. The van der Waals surface area contributed by atoms with Crippen LogP contribution < -0.4 is 25.2 Å². The largest absolute Gasteiger partial charge is 0.490 e. The summed E-state index contributed by atoms with van der Waals surface area (Å²) in [6, 6.07) is 19.1.